The number of hydrogen-bond donors (Lipinski definition) is 3. The molecule has 0 aromatic carbocycles. The van der Waals surface area contributed by atoms with E-state index in [1.54, 1.807) is 6.92 Å². The van der Waals surface area contributed by atoms with Crippen LogP contribution in [0.1, 0.15) is 27.9 Å². The number of nitrogens with two attached hydrogens (primary N) is 1. The molecule has 1 atom stereocenters. The average molecular weight is 306 g/mol. The molecule has 2 amide bonds. The minimum absolute atomic E-state index is 0.256. The topological polar surface area (TPSA) is 97.1 Å². The van der Waals surface area contributed by atoms with Crippen LogP contribution >= 0.6 is 11.3 Å². The third kappa shape index (κ3) is 2.82. The third-order valence-electron chi connectivity index (χ3n) is 3.22. The summed E-state index contributed by atoms with van der Waals surface area (Å²) in [6, 6.07) is 1.31. The highest BCUT2D eigenvalue weighted by atomic mass is 32.1. The number of thiophene rings is 1. The maximum Gasteiger partial charge on any atom is 0.264 e. The quantitative estimate of drug-likeness (QED) is 0.797. The Morgan fingerprint density at radius 2 is 2.05 bits per heavy atom. The zero-order valence-corrected chi connectivity index (χ0v) is 13.2. The van der Waals surface area contributed by atoms with E-state index in [-0.39, 0.29) is 11.8 Å². The first-order chi connectivity index (χ1) is 9.85. The Kier molecular flexibility index (Phi) is 4.13. The van der Waals surface area contributed by atoms with Crippen molar-refractivity contribution in [3.05, 3.63) is 22.2 Å². The fraction of sp³-hybridized carbons (Fsp3) is 0.357. The lowest BCUT2D eigenvalue weighted by atomic mass is 10.1. The van der Waals surface area contributed by atoms with Crippen LogP contribution in [0.5, 0.6) is 0 Å². The van der Waals surface area contributed by atoms with E-state index in [9.17, 15) is 9.59 Å². The molecule has 0 saturated carbocycles. The van der Waals surface area contributed by atoms with Gasteiger partial charge in [-0.3, -0.25) is 9.59 Å². The monoisotopic (exact) mass is 306 g/mol. The predicted molar refractivity (Wildman–Crippen MR) is 84.5 cm³/mol. The Labute approximate surface area is 126 Å². The van der Waals surface area contributed by atoms with Crippen LogP contribution in [0.15, 0.2) is 6.07 Å². The van der Waals surface area contributed by atoms with Crippen molar-refractivity contribution < 1.29 is 9.59 Å². The molecular formula is C14H18N4O2S. The second-order valence-corrected chi connectivity index (χ2v) is 5.91. The molecule has 2 aromatic rings. The summed E-state index contributed by atoms with van der Waals surface area (Å²) in [6.45, 7) is 5.46. The number of pyridine rings is 1. The van der Waals surface area contributed by atoms with Gasteiger partial charge in [-0.25, -0.2) is 4.98 Å². The van der Waals surface area contributed by atoms with Crippen molar-refractivity contribution in [3.63, 3.8) is 0 Å². The van der Waals surface area contributed by atoms with Gasteiger partial charge < -0.3 is 16.4 Å². The standard InChI is InChI=1S/C14H18N4O2S/c1-6-5-7(2)17-14-9(6)10(15)11(21-14)13(20)18-8(3)12(19)16-4/h5,8H,15H2,1-4H3,(H,16,19)(H,18,20). The number of nitrogens with zero attached hydrogens (tertiary/aromatic N) is 1. The van der Waals surface area contributed by atoms with Crippen molar-refractivity contribution in [2.45, 2.75) is 26.8 Å². The first-order valence-electron chi connectivity index (χ1n) is 6.53. The van der Waals surface area contributed by atoms with Crippen LogP contribution in [0, 0.1) is 13.8 Å². The number of rotatable bonds is 3. The van der Waals surface area contributed by atoms with E-state index in [1.165, 1.54) is 18.4 Å². The van der Waals surface area contributed by atoms with Crippen molar-refractivity contribution in [2.75, 3.05) is 12.8 Å². The number of carbonyl (C=O) groups is 2. The van der Waals surface area contributed by atoms with Crippen LogP contribution in [0.2, 0.25) is 0 Å². The minimum atomic E-state index is -0.622. The van der Waals surface area contributed by atoms with Gasteiger partial charge in [-0.1, -0.05) is 0 Å². The molecule has 112 valence electrons. The normalized spacial score (nSPS) is 12.2. The number of anilines is 1. The molecule has 0 saturated heterocycles. The van der Waals surface area contributed by atoms with Crippen LogP contribution < -0.4 is 16.4 Å². The van der Waals surface area contributed by atoms with E-state index in [4.69, 9.17) is 5.73 Å². The SMILES string of the molecule is CNC(=O)C(C)NC(=O)c1sc2nc(C)cc(C)c2c1N. The molecule has 2 rings (SSSR count). The van der Waals surface area contributed by atoms with Crippen molar-refractivity contribution in [1.29, 1.82) is 0 Å². The molecule has 0 spiro atoms. The Bertz CT molecular complexity index is 723. The molecule has 7 heteroatoms. The highest BCUT2D eigenvalue weighted by molar-refractivity contribution is 7.21. The Morgan fingerprint density at radius 1 is 1.38 bits per heavy atom. The summed E-state index contributed by atoms with van der Waals surface area (Å²) in [5.74, 6) is -0.614. The number of fused-ring (bicyclic) bond motifs is 1. The van der Waals surface area contributed by atoms with Crippen molar-refractivity contribution in [2.24, 2.45) is 0 Å². The second-order valence-electron chi connectivity index (χ2n) is 4.91. The number of hydrogen-bond acceptors (Lipinski definition) is 5. The highest BCUT2D eigenvalue weighted by Crippen LogP contribution is 2.34. The van der Waals surface area contributed by atoms with Crippen molar-refractivity contribution in [1.82, 2.24) is 15.6 Å². The molecule has 1 unspecified atom stereocenters. The summed E-state index contributed by atoms with van der Waals surface area (Å²) in [4.78, 5) is 29.3. The molecule has 2 aromatic heterocycles. The molecule has 0 bridgehead atoms. The number of aromatic nitrogens is 1. The van der Waals surface area contributed by atoms with Gasteiger partial charge in [0.1, 0.15) is 15.7 Å². The van der Waals surface area contributed by atoms with Crippen LogP contribution in [-0.2, 0) is 4.79 Å². The molecule has 0 aliphatic rings. The van der Waals surface area contributed by atoms with Crippen LogP contribution in [0.3, 0.4) is 0 Å². The van der Waals surface area contributed by atoms with E-state index in [0.29, 0.717) is 10.6 Å². The molecule has 0 aliphatic heterocycles. The zero-order chi connectivity index (χ0) is 15.7. The van der Waals surface area contributed by atoms with Gasteiger partial charge in [-0.05, 0) is 32.4 Å². The van der Waals surface area contributed by atoms with Crippen molar-refractivity contribution in [3.8, 4) is 0 Å². The van der Waals surface area contributed by atoms with Gasteiger partial charge in [0.25, 0.3) is 5.91 Å². The van der Waals surface area contributed by atoms with Gasteiger partial charge in [-0.15, -0.1) is 11.3 Å². The number of likely N-dealkylation sites (N-methyl/N-ethyl adjacent to an activating group) is 1. The minimum Gasteiger partial charge on any atom is -0.397 e. The van der Waals surface area contributed by atoms with Gasteiger partial charge >= 0.3 is 0 Å². The van der Waals surface area contributed by atoms with E-state index >= 15 is 0 Å². The summed E-state index contributed by atoms with van der Waals surface area (Å²) in [6.07, 6.45) is 0. The van der Waals surface area contributed by atoms with Crippen LogP contribution in [0.4, 0.5) is 5.69 Å². The first-order valence-corrected chi connectivity index (χ1v) is 7.35. The molecule has 0 aliphatic carbocycles. The maximum atomic E-state index is 12.3. The van der Waals surface area contributed by atoms with Gasteiger partial charge in [-0.2, -0.15) is 0 Å². The Morgan fingerprint density at radius 3 is 2.67 bits per heavy atom. The number of carbonyl (C=O) groups excluding carboxylic acids is 2. The first kappa shape index (κ1) is 15.2. The number of nitrogen functional groups attached to an aromatic ring is 1. The van der Waals surface area contributed by atoms with E-state index in [2.05, 4.69) is 15.6 Å². The Hall–Kier alpha value is -2.15. The van der Waals surface area contributed by atoms with Crippen LogP contribution in [-0.4, -0.2) is 29.9 Å². The molecular weight excluding hydrogens is 288 g/mol. The zero-order valence-electron chi connectivity index (χ0n) is 12.4. The summed E-state index contributed by atoms with van der Waals surface area (Å²) in [7, 11) is 1.52. The molecule has 0 radical (unpaired) electrons. The highest BCUT2D eigenvalue weighted by Gasteiger charge is 2.21. The second kappa shape index (κ2) is 5.69. The molecule has 4 N–H and O–H groups in total. The fourth-order valence-electron chi connectivity index (χ4n) is 2.18. The van der Waals surface area contributed by atoms with Gasteiger partial charge in [0, 0.05) is 18.1 Å². The van der Waals surface area contributed by atoms with E-state index < -0.39 is 6.04 Å². The fourth-order valence-corrected chi connectivity index (χ4v) is 3.30. The molecule has 6 nitrogen and oxygen atoms in total. The summed E-state index contributed by atoms with van der Waals surface area (Å²) in [5.41, 5.74) is 8.37. The van der Waals surface area contributed by atoms with Gasteiger partial charge in [0.2, 0.25) is 5.91 Å². The summed E-state index contributed by atoms with van der Waals surface area (Å²) in [5, 5.41) is 5.93. The lowest BCUT2D eigenvalue weighted by Crippen LogP contribution is -2.43. The number of amides is 2. The lowest BCUT2D eigenvalue weighted by Gasteiger charge is -2.11. The van der Waals surface area contributed by atoms with Crippen molar-refractivity contribution >= 4 is 39.1 Å². The van der Waals surface area contributed by atoms with Crippen LogP contribution in [0.25, 0.3) is 10.2 Å². The number of nitrogens with one attached hydrogen (secondary N) is 2. The largest absolute Gasteiger partial charge is 0.397 e. The van der Waals surface area contributed by atoms with E-state index in [0.717, 1.165) is 21.5 Å². The third-order valence-corrected chi connectivity index (χ3v) is 4.32. The lowest BCUT2D eigenvalue weighted by molar-refractivity contribution is -0.122. The maximum absolute atomic E-state index is 12.3. The molecule has 21 heavy (non-hydrogen) atoms. The molecule has 2 heterocycles. The van der Waals surface area contributed by atoms with E-state index in [1.807, 2.05) is 19.9 Å². The Balaban J connectivity index is 2.39. The number of aryl methyl sites for hydroxylation is 2. The summed E-state index contributed by atoms with van der Waals surface area (Å²) < 4.78 is 0. The van der Waals surface area contributed by atoms with Gasteiger partial charge in [0.05, 0.1) is 5.69 Å². The smallest absolute Gasteiger partial charge is 0.264 e. The predicted octanol–water partition coefficient (Wildman–Crippen LogP) is 1.36. The summed E-state index contributed by atoms with van der Waals surface area (Å²) >= 11 is 1.24. The average Bonchev–Trinajstić information content (AvgIpc) is 2.74. The van der Waals surface area contributed by atoms with Gasteiger partial charge in [0.15, 0.2) is 0 Å². The molecule has 0 fully saturated rings.